The highest BCUT2D eigenvalue weighted by Gasteiger charge is 2.34. The zero-order chi connectivity index (χ0) is 21.2. The lowest BCUT2D eigenvalue weighted by Gasteiger charge is -2.43. The third-order valence-electron chi connectivity index (χ3n) is 6.56. The van der Waals surface area contributed by atoms with Gasteiger partial charge in [-0.05, 0) is 42.5 Å². The average molecular weight is 416 g/mol. The maximum atomic E-state index is 11.0. The first kappa shape index (κ1) is 20.0. The third kappa shape index (κ3) is 4.27. The lowest BCUT2D eigenvalue weighted by molar-refractivity contribution is 0.0293. The Hall–Kier alpha value is -2.96. The molecule has 2 N–H and O–H groups in total. The number of para-hydroxylation sites is 1. The van der Waals surface area contributed by atoms with Crippen molar-refractivity contribution in [3.8, 4) is 0 Å². The number of aliphatic hydroxyl groups excluding tert-OH is 1. The van der Waals surface area contributed by atoms with E-state index in [0.717, 1.165) is 49.8 Å². The molecule has 0 radical (unpaired) electrons. The number of anilines is 3. The second-order valence-corrected chi connectivity index (χ2v) is 8.56. The highest BCUT2D eigenvalue weighted by atomic mass is 16.3. The molecule has 0 amide bonds. The quantitative estimate of drug-likeness (QED) is 0.680. The van der Waals surface area contributed by atoms with E-state index in [1.807, 2.05) is 24.3 Å². The van der Waals surface area contributed by atoms with Crippen molar-refractivity contribution in [1.29, 1.82) is 0 Å². The minimum Gasteiger partial charge on any atom is -0.390 e. The molecule has 1 unspecified atom stereocenters. The highest BCUT2D eigenvalue weighted by molar-refractivity contribution is 5.62. The van der Waals surface area contributed by atoms with Crippen molar-refractivity contribution in [3.05, 3.63) is 77.6 Å². The van der Waals surface area contributed by atoms with E-state index in [1.165, 1.54) is 16.7 Å². The standard InChI is InChI=1S/C25H29N5O/c1-18-6-2-5-9-21(18)28-24-14-25(27-17-26-24)30-13-11-22(23(31)16-30)29-12-10-19-7-3-4-8-20(19)15-29/h2-9,14,17,22-23,31H,10-13,15-16H2,1H3,(H,26,27,28)/t22?,23-/m0/s1. The molecular weight excluding hydrogens is 386 g/mol. The van der Waals surface area contributed by atoms with E-state index in [1.54, 1.807) is 6.33 Å². The second-order valence-electron chi connectivity index (χ2n) is 8.56. The Kier molecular flexibility index (Phi) is 5.57. The molecule has 2 aliphatic heterocycles. The van der Waals surface area contributed by atoms with Crippen LogP contribution in [-0.2, 0) is 13.0 Å². The molecule has 0 bridgehead atoms. The number of β-amino-alcohol motifs (C(OH)–C–C–N with tert-alkyl or cyclic N) is 1. The number of aromatic nitrogens is 2. The molecule has 2 aromatic carbocycles. The molecule has 1 fully saturated rings. The summed E-state index contributed by atoms with van der Waals surface area (Å²) in [4.78, 5) is 13.5. The lowest BCUT2D eigenvalue weighted by atomic mass is 9.94. The summed E-state index contributed by atoms with van der Waals surface area (Å²) in [6.45, 7) is 5.47. The zero-order valence-electron chi connectivity index (χ0n) is 17.9. The van der Waals surface area contributed by atoms with Crippen LogP contribution in [0.2, 0.25) is 0 Å². The predicted octanol–water partition coefficient (Wildman–Crippen LogP) is 3.53. The van der Waals surface area contributed by atoms with Gasteiger partial charge in [0, 0.05) is 44.0 Å². The van der Waals surface area contributed by atoms with Crippen LogP contribution in [0.5, 0.6) is 0 Å². The molecule has 1 aromatic heterocycles. The van der Waals surface area contributed by atoms with Gasteiger partial charge in [-0.2, -0.15) is 0 Å². The maximum Gasteiger partial charge on any atom is 0.135 e. The minimum atomic E-state index is -0.401. The molecule has 0 aliphatic carbocycles. The van der Waals surface area contributed by atoms with Gasteiger partial charge in [-0.15, -0.1) is 0 Å². The van der Waals surface area contributed by atoms with Crippen LogP contribution in [0.1, 0.15) is 23.1 Å². The van der Waals surface area contributed by atoms with Gasteiger partial charge in [-0.25, -0.2) is 9.97 Å². The van der Waals surface area contributed by atoms with Crippen LogP contribution >= 0.6 is 0 Å². The molecule has 0 spiro atoms. The van der Waals surface area contributed by atoms with Gasteiger partial charge in [0.2, 0.25) is 0 Å². The summed E-state index contributed by atoms with van der Waals surface area (Å²) in [7, 11) is 0. The largest absolute Gasteiger partial charge is 0.390 e. The Balaban J connectivity index is 1.25. The highest BCUT2D eigenvalue weighted by Crippen LogP contribution is 2.28. The van der Waals surface area contributed by atoms with Crippen molar-refractivity contribution in [3.63, 3.8) is 0 Å². The number of nitrogens with one attached hydrogen (secondary N) is 1. The SMILES string of the molecule is Cc1ccccc1Nc1cc(N2CCC(N3CCc4ccccc4C3)[C@@H](O)C2)ncn1. The summed E-state index contributed by atoms with van der Waals surface area (Å²) in [5.41, 5.74) is 5.05. The predicted molar refractivity (Wildman–Crippen MR) is 124 cm³/mol. The van der Waals surface area contributed by atoms with Gasteiger partial charge >= 0.3 is 0 Å². The maximum absolute atomic E-state index is 11.0. The normalized spacial score (nSPS) is 21.5. The molecule has 1 saturated heterocycles. The fourth-order valence-electron chi connectivity index (χ4n) is 4.79. The van der Waals surface area contributed by atoms with Gasteiger partial charge in [0.1, 0.15) is 18.0 Å². The van der Waals surface area contributed by atoms with Crippen molar-refractivity contribution in [2.45, 2.75) is 38.5 Å². The molecule has 3 aromatic rings. The molecule has 5 rings (SSSR count). The summed E-state index contributed by atoms with van der Waals surface area (Å²) in [5.74, 6) is 1.62. The third-order valence-corrected chi connectivity index (χ3v) is 6.56. The van der Waals surface area contributed by atoms with Gasteiger partial charge in [0.25, 0.3) is 0 Å². The molecular formula is C25H29N5O. The number of hydrogen-bond donors (Lipinski definition) is 2. The van der Waals surface area contributed by atoms with Crippen molar-refractivity contribution in [1.82, 2.24) is 14.9 Å². The lowest BCUT2D eigenvalue weighted by Crippen LogP contribution is -2.55. The summed E-state index contributed by atoms with van der Waals surface area (Å²) in [5, 5.41) is 14.4. The number of hydrogen-bond acceptors (Lipinski definition) is 6. The smallest absolute Gasteiger partial charge is 0.135 e. The van der Waals surface area contributed by atoms with Gasteiger partial charge < -0.3 is 15.3 Å². The summed E-state index contributed by atoms with van der Waals surface area (Å²) in [6.07, 6.45) is 3.18. The first-order valence-electron chi connectivity index (χ1n) is 11.1. The van der Waals surface area contributed by atoms with Crippen LogP contribution in [0.15, 0.2) is 60.9 Å². The van der Waals surface area contributed by atoms with Crippen molar-refractivity contribution >= 4 is 17.3 Å². The number of benzene rings is 2. The van der Waals surface area contributed by atoms with Gasteiger partial charge in [-0.3, -0.25) is 4.90 Å². The summed E-state index contributed by atoms with van der Waals surface area (Å²) < 4.78 is 0. The monoisotopic (exact) mass is 415 g/mol. The number of aryl methyl sites for hydroxylation is 1. The Bertz CT molecular complexity index is 1060. The van der Waals surface area contributed by atoms with Crippen molar-refractivity contribution in [2.24, 2.45) is 0 Å². The molecule has 6 heteroatoms. The fraction of sp³-hybridized carbons (Fsp3) is 0.360. The van der Waals surface area contributed by atoms with Crippen molar-refractivity contribution in [2.75, 3.05) is 29.9 Å². The first-order chi connectivity index (χ1) is 15.2. The van der Waals surface area contributed by atoms with E-state index in [4.69, 9.17) is 0 Å². The number of aliphatic hydroxyl groups is 1. The van der Waals surface area contributed by atoms with E-state index < -0.39 is 6.10 Å². The van der Waals surface area contributed by atoms with Crippen LogP contribution in [0, 0.1) is 6.92 Å². The van der Waals surface area contributed by atoms with Crippen LogP contribution in [0.3, 0.4) is 0 Å². The van der Waals surface area contributed by atoms with Gasteiger partial charge in [0.05, 0.1) is 6.10 Å². The van der Waals surface area contributed by atoms with E-state index >= 15 is 0 Å². The number of piperidine rings is 1. The van der Waals surface area contributed by atoms with E-state index in [9.17, 15) is 5.11 Å². The van der Waals surface area contributed by atoms with E-state index in [-0.39, 0.29) is 6.04 Å². The van der Waals surface area contributed by atoms with E-state index in [0.29, 0.717) is 6.54 Å². The first-order valence-corrected chi connectivity index (χ1v) is 11.1. The zero-order valence-corrected chi connectivity index (χ0v) is 17.9. The molecule has 6 nitrogen and oxygen atoms in total. The van der Waals surface area contributed by atoms with E-state index in [2.05, 4.69) is 62.3 Å². The molecule has 160 valence electrons. The van der Waals surface area contributed by atoms with Gasteiger partial charge in [-0.1, -0.05) is 42.5 Å². The van der Waals surface area contributed by atoms with Crippen LogP contribution in [-0.4, -0.2) is 51.8 Å². The Morgan fingerprint density at radius 3 is 2.65 bits per heavy atom. The summed E-state index contributed by atoms with van der Waals surface area (Å²) in [6, 6.07) is 19.0. The van der Waals surface area contributed by atoms with Crippen LogP contribution < -0.4 is 10.2 Å². The second kappa shape index (κ2) is 8.65. The van der Waals surface area contributed by atoms with Crippen LogP contribution in [0.25, 0.3) is 0 Å². The molecule has 2 atom stereocenters. The number of nitrogens with zero attached hydrogens (tertiary/aromatic N) is 4. The molecule has 2 aliphatic rings. The fourth-order valence-corrected chi connectivity index (χ4v) is 4.79. The topological polar surface area (TPSA) is 64.5 Å². The number of fused-ring (bicyclic) bond motifs is 1. The average Bonchev–Trinajstić information content (AvgIpc) is 2.80. The Labute approximate surface area is 183 Å². The molecule has 3 heterocycles. The van der Waals surface area contributed by atoms with Crippen LogP contribution in [0.4, 0.5) is 17.3 Å². The summed E-state index contributed by atoms with van der Waals surface area (Å²) >= 11 is 0. The Morgan fingerprint density at radius 1 is 1.00 bits per heavy atom. The number of rotatable bonds is 4. The Morgan fingerprint density at radius 2 is 1.81 bits per heavy atom. The minimum absolute atomic E-state index is 0.191. The molecule has 0 saturated carbocycles. The molecule has 31 heavy (non-hydrogen) atoms. The van der Waals surface area contributed by atoms with Crippen molar-refractivity contribution < 1.29 is 5.11 Å². The van der Waals surface area contributed by atoms with Gasteiger partial charge in [0.15, 0.2) is 0 Å².